The topological polar surface area (TPSA) is 156 Å². The van der Waals surface area contributed by atoms with Crippen LogP contribution in [-0.2, 0) is 27.1 Å². The fraction of sp³-hybridized carbons (Fsp3) is 0.420. The lowest BCUT2D eigenvalue weighted by molar-refractivity contribution is -0.132. The highest BCUT2D eigenvalue weighted by Crippen LogP contribution is 2.40. The first-order chi connectivity index (χ1) is 30.3. The highest BCUT2D eigenvalue weighted by molar-refractivity contribution is 5.91. The van der Waals surface area contributed by atoms with E-state index in [2.05, 4.69) is 44.8 Å². The summed E-state index contributed by atoms with van der Waals surface area (Å²) >= 11 is 0. The van der Waals surface area contributed by atoms with Gasteiger partial charge in [0, 0.05) is 64.3 Å². The van der Waals surface area contributed by atoms with Gasteiger partial charge in [-0.1, -0.05) is 78.9 Å². The van der Waals surface area contributed by atoms with Crippen molar-refractivity contribution in [2.24, 2.45) is 17.8 Å². The average Bonchev–Trinajstić information content (AvgIpc) is 3.92. The van der Waals surface area contributed by atoms with Crippen LogP contribution in [0.4, 0.5) is 10.5 Å². The van der Waals surface area contributed by atoms with E-state index in [4.69, 9.17) is 9.47 Å². The molecule has 328 valence electrons. The first-order valence-corrected chi connectivity index (χ1v) is 22.3. The summed E-state index contributed by atoms with van der Waals surface area (Å²) in [5.74, 6) is 1.70. The molecule has 5 N–H and O–H groups in total. The summed E-state index contributed by atoms with van der Waals surface area (Å²) in [5, 5.41) is 27.9. The Bertz CT molecular complexity index is 2330. The van der Waals surface area contributed by atoms with Crippen LogP contribution in [0.25, 0.3) is 22.0 Å². The number of carbonyl (C=O) groups excluding carboxylic acids is 2. The Morgan fingerprint density at radius 1 is 0.871 bits per heavy atom. The van der Waals surface area contributed by atoms with Gasteiger partial charge in [0.1, 0.15) is 11.9 Å². The Kier molecular flexibility index (Phi) is 14.3. The van der Waals surface area contributed by atoms with Crippen LogP contribution in [0.2, 0.25) is 0 Å². The van der Waals surface area contributed by atoms with E-state index >= 15 is 0 Å². The SMILES string of the molecule is O=C(Nc1ccccc1-c1ccccc1)OC1CC2CN(CCc3ccc(CCOCCC(=O)N(CCNCC(O)c4ccc(O)c5[nH]c(=O)ccc45)CC4CC4)cc3)CC2C1.[HH]. The molecule has 3 fully saturated rings. The normalized spacial score (nSPS) is 19.0. The number of H-pyrrole nitrogens is 1. The second kappa shape index (κ2) is 20.6. The zero-order valence-electron chi connectivity index (χ0n) is 35.3. The van der Waals surface area contributed by atoms with Gasteiger partial charge in [0.25, 0.3) is 0 Å². The van der Waals surface area contributed by atoms with Gasteiger partial charge < -0.3 is 39.8 Å². The quantitative estimate of drug-likeness (QED) is 0.0514. The molecule has 3 atom stereocenters. The van der Waals surface area contributed by atoms with Gasteiger partial charge in [0.05, 0.1) is 36.9 Å². The molecule has 4 aromatic carbocycles. The average molecular weight is 844 g/mol. The van der Waals surface area contributed by atoms with Gasteiger partial charge in [0.15, 0.2) is 0 Å². The molecule has 5 aromatic rings. The number of aliphatic hydroxyl groups is 1. The van der Waals surface area contributed by atoms with Crippen molar-refractivity contribution in [2.45, 2.75) is 57.2 Å². The Hall–Kier alpha value is -5.53. The molecule has 8 rings (SSSR count). The number of nitrogens with zero attached hydrogens (tertiary/aromatic N) is 2. The van der Waals surface area contributed by atoms with Crippen molar-refractivity contribution >= 4 is 28.6 Å². The van der Waals surface area contributed by atoms with Crippen molar-refractivity contribution in [3.05, 3.63) is 130 Å². The van der Waals surface area contributed by atoms with Gasteiger partial charge >= 0.3 is 6.09 Å². The maximum Gasteiger partial charge on any atom is 0.411 e. The van der Waals surface area contributed by atoms with Crippen molar-refractivity contribution in [3.8, 4) is 16.9 Å². The summed E-state index contributed by atoms with van der Waals surface area (Å²) in [6.07, 6.45) is 4.94. The standard InChI is InChI=1S/C50H59N5O7.H2/c56-45-18-16-42(43-17-19-47(58)53-49(43)45)46(57)30-51-23-25-55(31-36-14-15-36)48(59)22-27-61-26-21-35-12-10-34(11-13-35)20-24-54-32-38-28-40(29-39(38)33-54)62-50(60)52-44-9-5-4-8-41(44)37-6-2-1-3-7-37;/h1-13,16-19,36,38-40,46,51,56-57H,14-15,20-33H2,(H,52,60)(H,53,58);1H. The van der Waals surface area contributed by atoms with E-state index in [-0.39, 0.29) is 37.4 Å². The van der Waals surface area contributed by atoms with Crippen LogP contribution in [0.5, 0.6) is 5.75 Å². The van der Waals surface area contributed by atoms with Gasteiger partial charge in [-0.25, -0.2) is 4.79 Å². The van der Waals surface area contributed by atoms with E-state index in [9.17, 15) is 24.6 Å². The number of aromatic nitrogens is 1. The Morgan fingerprint density at radius 3 is 2.35 bits per heavy atom. The van der Waals surface area contributed by atoms with Crippen LogP contribution in [0, 0.1) is 17.8 Å². The fourth-order valence-corrected chi connectivity index (χ4v) is 9.18. The van der Waals surface area contributed by atoms with E-state index in [1.807, 2.05) is 59.5 Å². The number of phenols is 1. The molecule has 0 bridgehead atoms. The van der Waals surface area contributed by atoms with Gasteiger partial charge in [-0.15, -0.1) is 0 Å². The number of hydrogen-bond acceptors (Lipinski definition) is 9. The molecule has 1 saturated heterocycles. The summed E-state index contributed by atoms with van der Waals surface area (Å²) in [7, 11) is 0. The summed E-state index contributed by atoms with van der Waals surface area (Å²) in [5.41, 5.74) is 5.90. The predicted octanol–water partition coefficient (Wildman–Crippen LogP) is 7.16. The fourth-order valence-electron chi connectivity index (χ4n) is 9.18. The Balaban J connectivity index is 0.00000595. The van der Waals surface area contributed by atoms with Crippen molar-refractivity contribution in [3.63, 3.8) is 0 Å². The minimum atomic E-state index is -0.855. The lowest BCUT2D eigenvalue weighted by Crippen LogP contribution is -2.39. The molecule has 1 aliphatic heterocycles. The number of anilines is 1. The number of aliphatic hydroxyl groups excluding tert-OH is 1. The van der Waals surface area contributed by atoms with Gasteiger partial charge in [-0.2, -0.15) is 0 Å². The maximum atomic E-state index is 13.2. The third kappa shape index (κ3) is 11.5. The molecule has 2 heterocycles. The van der Waals surface area contributed by atoms with Crippen molar-refractivity contribution < 1.29 is 30.7 Å². The van der Waals surface area contributed by atoms with Crippen LogP contribution in [0.1, 0.15) is 56.3 Å². The first-order valence-electron chi connectivity index (χ1n) is 22.3. The second-order valence-corrected chi connectivity index (χ2v) is 17.3. The van der Waals surface area contributed by atoms with Crippen molar-refractivity contribution in [2.75, 3.05) is 64.3 Å². The minimum absolute atomic E-state index is 0. The molecular formula is C50H61N5O7. The number of aromatic amines is 1. The monoisotopic (exact) mass is 843 g/mol. The smallest absolute Gasteiger partial charge is 0.411 e. The number of rotatable bonds is 20. The zero-order chi connectivity index (χ0) is 42.8. The number of nitrogens with one attached hydrogen (secondary N) is 3. The molecule has 62 heavy (non-hydrogen) atoms. The number of phenolic OH excluding ortho intramolecular Hbond substituents is 1. The number of ether oxygens (including phenoxy) is 2. The zero-order valence-corrected chi connectivity index (χ0v) is 35.3. The molecule has 0 radical (unpaired) electrons. The van der Waals surface area contributed by atoms with Crippen LogP contribution in [0.3, 0.4) is 0 Å². The molecule has 12 heteroatoms. The summed E-state index contributed by atoms with van der Waals surface area (Å²) in [6, 6.07) is 32.8. The number of aromatic hydroxyl groups is 1. The summed E-state index contributed by atoms with van der Waals surface area (Å²) in [6.45, 7) is 6.12. The molecule has 2 amide bonds. The van der Waals surface area contributed by atoms with Crippen molar-refractivity contribution in [1.29, 1.82) is 0 Å². The molecule has 3 unspecified atom stereocenters. The third-order valence-corrected chi connectivity index (χ3v) is 12.7. The van der Waals surface area contributed by atoms with E-state index in [0.717, 1.165) is 81.5 Å². The van der Waals surface area contributed by atoms with Crippen LogP contribution < -0.4 is 16.2 Å². The largest absolute Gasteiger partial charge is 0.506 e. The number of amides is 2. The Morgan fingerprint density at radius 2 is 1.60 bits per heavy atom. The number of hydrogen-bond donors (Lipinski definition) is 5. The highest BCUT2D eigenvalue weighted by atomic mass is 16.6. The van der Waals surface area contributed by atoms with Gasteiger partial charge in [-0.3, -0.25) is 14.9 Å². The number of para-hydroxylation sites is 1. The molecule has 1 aromatic heterocycles. The maximum absolute atomic E-state index is 13.2. The van der Waals surface area contributed by atoms with E-state index in [0.29, 0.717) is 66.9 Å². The van der Waals surface area contributed by atoms with Gasteiger partial charge in [-0.05, 0) is 96.7 Å². The van der Waals surface area contributed by atoms with Crippen LogP contribution >= 0.6 is 0 Å². The molecule has 2 aliphatic carbocycles. The van der Waals surface area contributed by atoms with E-state index < -0.39 is 6.10 Å². The number of pyridine rings is 1. The molecule has 12 nitrogen and oxygen atoms in total. The van der Waals surface area contributed by atoms with E-state index in [1.165, 1.54) is 23.3 Å². The van der Waals surface area contributed by atoms with Crippen molar-refractivity contribution in [1.82, 2.24) is 20.1 Å². The highest BCUT2D eigenvalue weighted by Gasteiger charge is 2.42. The predicted molar refractivity (Wildman–Crippen MR) is 243 cm³/mol. The lowest BCUT2D eigenvalue weighted by atomic mass is 10.0. The second-order valence-electron chi connectivity index (χ2n) is 17.3. The number of likely N-dealkylation sites (tertiary alicyclic amines) is 1. The first kappa shape index (κ1) is 43.1. The lowest BCUT2D eigenvalue weighted by Gasteiger charge is -2.23. The van der Waals surface area contributed by atoms with E-state index in [1.54, 1.807) is 12.1 Å². The Labute approximate surface area is 364 Å². The van der Waals surface area contributed by atoms with Crippen LogP contribution in [-0.4, -0.2) is 102 Å². The molecule has 2 saturated carbocycles. The number of benzene rings is 4. The summed E-state index contributed by atoms with van der Waals surface area (Å²) in [4.78, 5) is 45.0. The third-order valence-electron chi connectivity index (χ3n) is 12.7. The molecular weight excluding hydrogens is 783 g/mol. The summed E-state index contributed by atoms with van der Waals surface area (Å²) < 4.78 is 11.8. The van der Waals surface area contributed by atoms with Gasteiger partial charge in [0.2, 0.25) is 11.5 Å². The molecule has 3 aliphatic rings. The number of fused-ring (bicyclic) bond motifs is 2. The number of carbonyl (C=O) groups is 2. The molecule has 0 spiro atoms. The minimum Gasteiger partial charge on any atom is -0.506 e. The van der Waals surface area contributed by atoms with Crippen LogP contribution in [0.15, 0.2) is 108 Å².